The second-order valence-electron chi connectivity index (χ2n) is 7.22. The molecule has 0 aliphatic rings. The van der Waals surface area contributed by atoms with E-state index in [9.17, 15) is 0 Å². The molecule has 3 atom stereocenters. The van der Waals surface area contributed by atoms with Gasteiger partial charge in [-0.15, -0.1) is 0 Å². The van der Waals surface area contributed by atoms with Crippen molar-refractivity contribution in [2.24, 2.45) is 17.3 Å². The van der Waals surface area contributed by atoms with Crippen LogP contribution in [0.25, 0.3) is 0 Å². The van der Waals surface area contributed by atoms with Gasteiger partial charge in [0, 0.05) is 6.04 Å². The molecule has 17 heavy (non-hydrogen) atoms. The van der Waals surface area contributed by atoms with Crippen molar-refractivity contribution in [1.29, 1.82) is 0 Å². The molecule has 0 aromatic carbocycles. The number of rotatable bonds is 8. The van der Waals surface area contributed by atoms with Crippen molar-refractivity contribution < 1.29 is 0 Å². The zero-order chi connectivity index (χ0) is 13.5. The highest BCUT2D eigenvalue weighted by Crippen LogP contribution is 2.28. The van der Waals surface area contributed by atoms with Gasteiger partial charge >= 0.3 is 0 Å². The van der Waals surface area contributed by atoms with E-state index in [1.54, 1.807) is 0 Å². The molecule has 0 fully saturated rings. The molecule has 1 nitrogen and oxygen atoms in total. The second-order valence-corrected chi connectivity index (χ2v) is 7.22. The number of nitrogens with one attached hydrogen (secondary N) is 1. The maximum atomic E-state index is 3.51. The molecular weight excluding hydrogens is 206 g/mol. The normalized spacial score (nSPS) is 17.8. The summed E-state index contributed by atoms with van der Waals surface area (Å²) in [6.45, 7) is 14.1. The van der Waals surface area contributed by atoms with Crippen molar-refractivity contribution in [1.82, 2.24) is 5.32 Å². The average Bonchev–Trinajstić information content (AvgIpc) is 2.13. The molecule has 0 rings (SSSR count). The molecule has 0 heterocycles. The molecule has 1 heteroatoms. The lowest BCUT2D eigenvalue weighted by molar-refractivity contribution is 0.263. The van der Waals surface area contributed by atoms with Crippen molar-refractivity contribution in [2.75, 3.05) is 7.05 Å². The van der Waals surface area contributed by atoms with Crippen molar-refractivity contribution in [2.45, 2.75) is 79.7 Å². The Kier molecular flexibility index (Phi) is 8.11. The van der Waals surface area contributed by atoms with Crippen LogP contribution in [0.5, 0.6) is 0 Å². The minimum atomic E-state index is 0.465. The molecule has 1 N–H and O–H groups in total. The van der Waals surface area contributed by atoms with Gasteiger partial charge in [0.15, 0.2) is 0 Å². The first-order valence-electron chi connectivity index (χ1n) is 7.45. The minimum Gasteiger partial charge on any atom is -0.317 e. The summed E-state index contributed by atoms with van der Waals surface area (Å²) in [5, 5.41) is 3.51. The van der Waals surface area contributed by atoms with E-state index in [0.717, 1.165) is 11.8 Å². The topological polar surface area (TPSA) is 12.0 Å². The second kappa shape index (κ2) is 8.13. The summed E-state index contributed by atoms with van der Waals surface area (Å²) in [7, 11) is 2.12. The van der Waals surface area contributed by atoms with Crippen molar-refractivity contribution in [3.63, 3.8) is 0 Å². The fourth-order valence-electron chi connectivity index (χ4n) is 3.04. The SMILES string of the molecule is CCCC(C)CC(CC(C)CC(C)(C)C)NC. The third-order valence-corrected chi connectivity index (χ3v) is 3.52. The zero-order valence-electron chi connectivity index (χ0n) is 13.3. The van der Waals surface area contributed by atoms with Crippen LogP contribution >= 0.6 is 0 Å². The first kappa shape index (κ1) is 17.0. The van der Waals surface area contributed by atoms with Crippen LogP contribution in [0.15, 0.2) is 0 Å². The van der Waals surface area contributed by atoms with Crippen LogP contribution < -0.4 is 5.32 Å². The van der Waals surface area contributed by atoms with Crippen LogP contribution in [0.4, 0.5) is 0 Å². The van der Waals surface area contributed by atoms with Crippen molar-refractivity contribution in [3.05, 3.63) is 0 Å². The molecule has 0 radical (unpaired) electrons. The summed E-state index contributed by atoms with van der Waals surface area (Å²) in [4.78, 5) is 0. The Bertz CT molecular complexity index is 180. The number of hydrogen-bond acceptors (Lipinski definition) is 1. The summed E-state index contributed by atoms with van der Waals surface area (Å²) >= 11 is 0. The molecule has 0 spiro atoms. The smallest absolute Gasteiger partial charge is 0.00691 e. The first-order chi connectivity index (χ1) is 7.78. The predicted octanol–water partition coefficient (Wildman–Crippen LogP) is 4.86. The molecule has 0 saturated carbocycles. The summed E-state index contributed by atoms with van der Waals surface area (Å²) < 4.78 is 0. The molecule has 0 aromatic rings. The maximum Gasteiger partial charge on any atom is 0.00691 e. The highest BCUT2D eigenvalue weighted by atomic mass is 14.9. The van der Waals surface area contributed by atoms with Gasteiger partial charge in [-0.05, 0) is 43.6 Å². The fraction of sp³-hybridized carbons (Fsp3) is 1.00. The van der Waals surface area contributed by atoms with Gasteiger partial charge < -0.3 is 5.32 Å². The molecule has 3 unspecified atom stereocenters. The van der Waals surface area contributed by atoms with Gasteiger partial charge in [0.2, 0.25) is 0 Å². The van der Waals surface area contributed by atoms with Crippen LogP contribution in [0.3, 0.4) is 0 Å². The van der Waals surface area contributed by atoms with Gasteiger partial charge in [-0.3, -0.25) is 0 Å². The Labute approximate surface area is 110 Å². The van der Waals surface area contributed by atoms with E-state index in [4.69, 9.17) is 0 Å². The molecule has 104 valence electrons. The molecule has 0 bridgehead atoms. The van der Waals surface area contributed by atoms with Gasteiger partial charge in [0.1, 0.15) is 0 Å². The van der Waals surface area contributed by atoms with Crippen LogP contribution in [-0.2, 0) is 0 Å². The van der Waals surface area contributed by atoms with E-state index in [0.29, 0.717) is 11.5 Å². The molecule has 0 saturated heterocycles. The highest BCUT2D eigenvalue weighted by molar-refractivity contribution is 4.74. The van der Waals surface area contributed by atoms with Gasteiger partial charge in [-0.2, -0.15) is 0 Å². The van der Waals surface area contributed by atoms with Crippen LogP contribution in [0, 0.1) is 17.3 Å². The molecule has 0 aromatic heterocycles. The summed E-state index contributed by atoms with van der Waals surface area (Å²) in [5.74, 6) is 1.68. The third-order valence-electron chi connectivity index (χ3n) is 3.52. The van der Waals surface area contributed by atoms with E-state index in [1.807, 2.05) is 0 Å². The Morgan fingerprint density at radius 2 is 1.53 bits per heavy atom. The third kappa shape index (κ3) is 9.64. The Morgan fingerprint density at radius 1 is 1.00 bits per heavy atom. The van der Waals surface area contributed by atoms with E-state index in [2.05, 4.69) is 53.9 Å². The monoisotopic (exact) mass is 241 g/mol. The van der Waals surface area contributed by atoms with Crippen LogP contribution in [0.1, 0.15) is 73.6 Å². The van der Waals surface area contributed by atoms with E-state index >= 15 is 0 Å². The number of hydrogen-bond donors (Lipinski definition) is 1. The van der Waals surface area contributed by atoms with Gasteiger partial charge in [0.25, 0.3) is 0 Å². The maximum absolute atomic E-state index is 3.51. The summed E-state index contributed by atoms with van der Waals surface area (Å²) in [6.07, 6.45) is 6.66. The highest BCUT2D eigenvalue weighted by Gasteiger charge is 2.19. The summed E-state index contributed by atoms with van der Waals surface area (Å²) in [5.41, 5.74) is 0.465. The lowest BCUT2D eigenvalue weighted by atomic mass is 9.81. The molecule has 0 aliphatic carbocycles. The van der Waals surface area contributed by atoms with E-state index in [1.165, 1.54) is 32.1 Å². The molecule has 0 amide bonds. The molecule has 0 aliphatic heterocycles. The standard InChI is InChI=1S/C16H35N/c1-8-9-13(2)10-15(17-7)11-14(3)12-16(4,5)6/h13-15,17H,8-12H2,1-7H3. The van der Waals surface area contributed by atoms with Gasteiger partial charge in [0.05, 0.1) is 0 Å². The van der Waals surface area contributed by atoms with Crippen LogP contribution in [-0.4, -0.2) is 13.1 Å². The lowest BCUT2D eigenvalue weighted by Gasteiger charge is -2.28. The Morgan fingerprint density at radius 3 is 1.94 bits per heavy atom. The van der Waals surface area contributed by atoms with E-state index < -0.39 is 0 Å². The summed E-state index contributed by atoms with van der Waals surface area (Å²) in [6, 6.07) is 0.703. The lowest BCUT2D eigenvalue weighted by Crippen LogP contribution is -2.30. The Balaban J connectivity index is 4.03. The largest absolute Gasteiger partial charge is 0.317 e. The first-order valence-corrected chi connectivity index (χ1v) is 7.45. The average molecular weight is 241 g/mol. The molecular formula is C16H35N. The van der Waals surface area contributed by atoms with Crippen molar-refractivity contribution in [3.8, 4) is 0 Å². The van der Waals surface area contributed by atoms with Crippen molar-refractivity contribution >= 4 is 0 Å². The van der Waals surface area contributed by atoms with Gasteiger partial charge in [-0.1, -0.05) is 54.4 Å². The zero-order valence-corrected chi connectivity index (χ0v) is 13.3. The predicted molar refractivity (Wildman–Crippen MR) is 79.4 cm³/mol. The quantitative estimate of drug-likeness (QED) is 0.639. The van der Waals surface area contributed by atoms with E-state index in [-0.39, 0.29) is 0 Å². The fourth-order valence-corrected chi connectivity index (χ4v) is 3.04. The minimum absolute atomic E-state index is 0.465. The van der Waals surface area contributed by atoms with Crippen LogP contribution in [0.2, 0.25) is 0 Å². The Hall–Kier alpha value is -0.0400. The van der Waals surface area contributed by atoms with Gasteiger partial charge in [-0.25, -0.2) is 0 Å².